The van der Waals surface area contributed by atoms with E-state index in [4.69, 9.17) is 5.11 Å². The molecule has 0 aliphatic carbocycles. The molecule has 0 aromatic heterocycles. The van der Waals surface area contributed by atoms with Crippen molar-refractivity contribution in [3.8, 4) is 0 Å². The molecule has 0 spiro atoms. The van der Waals surface area contributed by atoms with E-state index >= 15 is 0 Å². The fourth-order valence-corrected chi connectivity index (χ4v) is 1.72. The second-order valence-electron chi connectivity index (χ2n) is 4.96. The van der Waals surface area contributed by atoms with Gasteiger partial charge in [0, 0.05) is 5.56 Å². The highest BCUT2D eigenvalue weighted by molar-refractivity contribution is 5.96. The van der Waals surface area contributed by atoms with E-state index < -0.39 is 23.7 Å². The van der Waals surface area contributed by atoms with Crippen molar-refractivity contribution >= 4 is 11.9 Å². The van der Waals surface area contributed by atoms with Gasteiger partial charge in [0.1, 0.15) is 11.9 Å². The summed E-state index contributed by atoms with van der Waals surface area (Å²) in [5, 5.41) is 11.5. The molecule has 0 saturated carbocycles. The number of aryl methyl sites for hydroxylation is 1. The third-order valence-corrected chi connectivity index (χ3v) is 2.73. The Morgan fingerprint density at radius 3 is 2.47 bits per heavy atom. The molecule has 2 N–H and O–H groups in total. The summed E-state index contributed by atoms with van der Waals surface area (Å²) < 4.78 is 13.1. The van der Waals surface area contributed by atoms with Gasteiger partial charge in [0.25, 0.3) is 5.91 Å². The van der Waals surface area contributed by atoms with Gasteiger partial charge in [-0.15, -0.1) is 0 Å². The van der Waals surface area contributed by atoms with E-state index in [1.54, 1.807) is 6.92 Å². The summed E-state index contributed by atoms with van der Waals surface area (Å²) in [6.07, 6.45) is 0.348. The smallest absolute Gasteiger partial charge is 0.326 e. The first-order valence-electron chi connectivity index (χ1n) is 6.11. The van der Waals surface area contributed by atoms with E-state index in [1.165, 1.54) is 18.2 Å². The van der Waals surface area contributed by atoms with Gasteiger partial charge in [-0.2, -0.15) is 0 Å². The van der Waals surface area contributed by atoms with Gasteiger partial charge in [0.2, 0.25) is 0 Å². The minimum atomic E-state index is -1.07. The molecule has 1 aromatic rings. The van der Waals surface area contributed by atoms with Crippen LogP contribution in [0.2, 0.25) is 0 Å². The molecule has 104 valence electrons. The maximum Gasteiger partial charge on any atom is 0.326 e. The van der Waals surface area contributed by atoms with Crippen molar-refractivity contribution in [2.24, 2.45) is 5.92 Å². The summed E-state index contributed by atoms with van der Waals surface area (Å²) in [6.45, 7) is 5.31. The second kappa shape index (κ2) is 6.31. The van der Waals surface area contributed by atoms with Crippen LogP contribution >= 0.6 is 0 Å². The van der Waals surface area contributed by atoms with Gasteiger partial charge in [-0.1, -0.05) is 13.8 Å². The molecule has 1 atom stereocenters. The van der Waals surface area contributed by atoms with E-state index in [0.717, 1.165) is 0 Å². The van der Waals surface area contributed by atoms with Crippen molar-refractivity contribution in [1.29, 1.82) is 0 Å². The monoisotopic (exact) mass is 267 g/mol. The van der Waals surface area contributed by atoms with Crippen LogP contribution in [0, 0.1) is 18.7 Å². The van der Waals surface area contributed by atoms with Crippen LogP contribution in [0.3, 0.4) is 0 Å². The zero-order valence-electron chi connectivity index (χ0n) is 11.2. The number of halogens is 1. The quantitative estimate of drug-likeness (QED) is 0.860. The summed E-state index contributed by atoms with van der Waals surface area (Å²) in [6, 6.07) is 3.01. The number of benzene rings is 1. The van der Waals surface area contributed by atoms with E-state index in [-0.39, 0.29) is 11.5 Å². The summed E-state index contributed by atoms with van der Waals surface area (Å²) in [5.74, 6) is -1.82. The first-order valence-corrected chi connectivity index (χ1v) is 6.11. The summed E-state index contributed by atoms with van der Waals surface area (Å²) in [7, 11) is 0. The molecular weight excluding hydrogens is 249 g/mol. The molecular formula is C14H18FNO3. The molecule has 1 aromatic carbocycles. The Bertz CT molecular complexity index is 486. The minimum absolute atomic E-state index is 0.149. The molecule has 0 saturated heterocycles. The molecule has 4 nitrogen and oxygen atoms in total. The number of amides is 1. The largest absolute Gasteiger partial charge is 0.480 e. The molecule has 0 aliphatic heterocycles. The van der Waals surface area contributed by atoms with Crippen molar-refractivity contribution < 1.29 is 19.1 Å². The lowest BCUT2D eigenvalue weighted by atomic mass is 10.0. The van der Waals surface area contributed by atoms with Gasteiger partial charge in [-0.05, 0) is 43.0 Å². The number of carboxylic acids is 1. The highest BCUT2D eigenvalue weighted by Gasteiger charge is 2.21. The fraction of sp³-hybridized carbons (Fsp3) is 0.429. The Morgan fingerprint density at radius 2 is 2.00 bits per heavy atom. The molecule has 1 unspecified atom stereocenters. The number of nitrogens with one attached hydrogen (secondary N) is 1. The van der Waals surface area contributed by atoms with Gasteiger partial charge in [0.05, 0.1) is 0 Å². The number of carbonyl (C=O) groups is 2. The Morgan fingerprint density at radius 1 is 1.37 bits per heavy atom. The van der Waals surface area contributed by atoms with Gasteiger partial charge < -0.3 is 10.4 Å². The average Bonchev–Trinajstić information content (AvgIpc) is 2.31. The van der Waals surface area contributed by atoms with Crippen LogP contribution < -0.4 is 5.32 Å². The first-order chi connectivity index (χ1) is 8.81. The fourth-order valence-electron chi connectivity index (χ4n) is 1.72. The molecule has 1 rings (SSSR count). The van der Waals surface area contributed by atoms with E-state index in [9.17, 15) is 14.0 Å². The molecule has 0 radical (unpaired) electrons. The Kier molecular flexibility index (Phi) is 5.03. The van der Waals surface area contributed by atoms with Gasteiger partial charge in [-0.25, -0.2) is 9.18 Å². The van der Waals surface area contributed by atoms with E-state index in [0.29, 0.717) is 12.0 Å². The van der Waals surface area contributed by atoms with Crippen LogP contribution in [0.1, 0.15) is 36.2 Å². The summed E-state index contributed by atoms with van der Waals surface area (Å²) in [4.78, 5) is 23.0. The minimum Gasteiger partial charge on any atom is -0.480 e. The molecule has 5 heteroatoms. The molecule has 0 fully saturated rings. The first kappa shape index (κ1) is 15.1. The van der Waals surface area contributed by atoms with Crippen LogP contribution in [0.4, 0.5) is 4.39 Å². The van der Waals surface area contributed by atoms with Gasteiger partial charge in [-0.3, -0.25) is 4.79 Å². The normalized spacial score (nSPS) is 12.3. The third-order valence-electron chi connectivity index (χ3n) is 2.73. The molecule has 0 heterocycles. The standard InChI is InChI=1S/C14H18FNO3/c1-8(2)6-12(14(18)19)16-13(17)10-4-5-11(15)9(3)7-10/h4-5,7-8,12H,6H2,1-3H3,(H,16,17)(H,18,19). The number of hydrogen-bond donors (Lipinski definition) is 2. The van der Waals surface area contributed by atoms with Crippen LogP contribution in [0.25, 0.3) is 0 Å². The van der Waals surface area contributed by atoms with Gasteiger partial charge in [0.15, 0.2) is 0 Å². The lowest BCUT2D eigenvalue weighted by Crippen LogP contribution is -2.41. The number of hydrogen-bond acceptors (Lipinski definition) is 2. The predicted octanol–water partition coefficient (Wildman–Crippen LogP) is 2.36. The van der Waals surface area contributed by atoms with Crippen LogP contribution in [-0.4, -0.2) is 23.0 Å². The molecule has 1 amide bonds. The topological polar surface area (TPSA) is 66.4 Å². The lowest BCUT2D eigenvalue weighted by Gasteiger charge is -2.16. The predicted molar refractivity (Wildman–Crippen MR) is 69.5 cm³/mol. The van der Waals surface area contributed by atoms with E-state index in [1.807, 2.05) is 13.8 Å². The number of carbonyl (C=O) groups excluding carboxylic acids is 1. The molecule has 0 aliphatic rings. The molecule has 19 heavy (non-hydrogen) atoms. The third kappa shape index (κ3) is 4.35. The summed E-state index contributed by atoms with van der Waals surface area (Å²) >= 11 is 0. The maximum absolute atomic E-state index is 13.1. The van der Waals surface area contributed by atoms with Gasteiger partial charge >= 0.3 is 5.97 Å². The highest BCUT2D eigenvalue weighted by Crippen LogP contribution is 2.11. The van der Waals surface area contributed by atoms with Crippen molar-refractivity contribution in [2.75, 3.05) is 0 Å². The number of carboxylic acid groups (broad SMARTS) is 1. The van der Waals surface area contributed by atoms with E-state index in [2.05, 4.69) is 5.32 Å². The highest BCUT2D eigenvalue weighted by atomic mass is 19.1. The average molecular weight is 267 g/mol. The zero-order chi connectivity index (χ0) is 14.6. The Balaban J connectivity index is 2.81. The molecule has 0 bridgehead atoms. The maximum atomic E-state index is 13.1. The Labute approximate surface area is 111 Å². The Hall–Kier alpha value is -1.91. The second-order valence-corrected chi connectivity index (χ2v) is 4.96. The SMILES string of the molecule is Cc1cc(C(=O)NC(CC(C)C)C(=O)O)ccc1F. The van der Waals surface area contributed by atoms with Crippen LogP contribution in [0.15, 0.2) is 18.2 Å². The van der Waals surface area contributed by atoms with Crippen LogP contribution in [-0.2, 0) is 4.79 Å². The van der Waals surface area contributed by atoms with Crippen LogP contribution in [0.5, 0.6) is 0 Å². The van der Waals surface area contributed by atoms with Crippen molar-refractivity contribution in [2.45, 2.75) is 33.2 Å². The lowest BCUT2D eigenvalue weighted by molar-refractivity contribution is -0.139. The zero-order valence-corrected chi connectivity index (χ0v) is 11.2. The summed E-state index contributed by atoms with van der Waals surface area (Å²) in [5.41, 5.74) is 0.609. The van der Waals surface area contributed by atoms with Crippen molar-refractivity contribution in [1.82, 2.24) is 5.32 Å². The van der Waals surface area contributed by atoms with Crippen molar-refractivity contribution in [3.63, 3.8) is 0 Å². The number of rotatable bonds is 5. The number of aliphatic carboxylic acids is 1. The van der Waals surface area contributed by atoms with Crippen molar-refractivity contribution in [3.05, 3.63) is 35.1 Å².